The van der Waals surface area contributed by atoms with Gasteiger partial charge in [-0.25, -0.2) is 9.78 Å². The predicted molar refractivity (Wildman–Crippen MR) is 141 cm³/mol. The highest BCUT2D eigenvalue weighted by atomic mass is 32.1. The third-order valence-corrected chi connectivity index (χ3v) is 7.04. The van der Waals surface area contributed by atoms with E-state index in [4.69, 9.17) is 15.2 Å². The van der Waals surface area contributed by atoms with E-state index >= 15 is 0 Å². The summed E-state index contributed by atoms with van der Waals surface area (Å²) in [5, 5.41) is 9.99. The molecule has 0 saturated carbocycles. The first-order chi connectivity index (χ1) is 16.6. The van der Waals surface area contributed by atoms with Crippen LogP contribution in [0.3, 0.4) is 0 Å². The zero-order valence-corrected chi connectivity index (χ0v) is 21.0. The second-order valence-corrected chi connectivity index (χ2v) is 9.97. The van der Waals surface area contributed by atoms with Gasteiger partial charge in [0.05, 0.1) is 23.6 Å². The van der Waals surface area contributed by atoms with Crippen LogP contribution in [0, 0.1) is 0 Å². The normalized spacial score (nSPS) is 11.3. The van der Waals surface area contributed by atoms with E-state index in [0.29, 0.717) is 11.7 Å². The summed E-state index contributed by atoms with van der Waals surface area (Å²) < 4.78 is 11.9. The number of hydrogen-bond donors (Lipinski definition) is 1. The first kappa shape index (κ1) is 25.8. The molecular weight excluding hydrogens is 468 g/mol. The molecule has 1 aromatic carbocycles. The van der Waals surface area contributed by atoms with Gasteiger partial charge in [-0.2, -0.15) is 0 Å². The first-order valence-electron chi connectivity index (χ1n) is 11.7. The Hall–Kier alpha value is -2.78. The van der Waals surface area contributed by atoms with Crippen molar-refractivity contribution in [3.63, 3.8) is 0 Å². The number of ether oxygens (including phenoxy) is 2. The largest absolute Gasteiger partial charge is 0.494 e. The summed E-state index contributed by atoms with van der Waals surface area (Å²) in [5.41, 5.74) is 6.49. The minimum absolute atomic E-state index is 0.331. The lowest BCUT2D eigenvalue weighted by atomic mass is 10.1. The number of rotatable bonds is 16. The van der Waals surface area contributed by atoms with Gasteiger partial charge in [0.15, 0.2) is 5.13 Å². The van der Waals surface area contributed by atoms with E-state index in [2.05, 4.69) is 21.8 Å². The summed E-state index contributed by atoms with van der Waals surface area (Å²) in [6.07, 6.45) is 11.7. The molecule has 182 valence electrons. The van der Waals surface area contributed by atoms with Gasteiger partial charge in [-0.05, 0) is 43.2 Å². The highest BCUT2D eigenvalue weighted by Crippen LogP contribution is 2.36. The van der Waals surface area contributed by atoms with Crippen LogP contribution in [0.25, 0.3) is 9.53 Å². The molecule has 2 heterocycles. The van der Waals surface area contributed by atoms with Gasteiger partial charge < -0.3 is 15.2 Å². The molecule has 0 atom stereocenters. The first-order valence-corrected chi connectivity index (χ1v) is 13.4. The number of nitrogens with two attached hydrogens (primary N) is 1. The summed E-state index contributed by atoms with van der Waals surface area (Å²) >= 11 is 2.94. The van der Waals surface area contributed by atoms with Crippen molar-refractivity contribution >= 4 is 54.0 Å². The lowest BCUT2D eigenvalue weighted by molar-refractivity contribution is -0.137. The summed E-state index contributed by atoms with van der Waals surface area (Å²) in [6, 6.07) is 9.65. The number of nitrogen functional groups attached to an aromatic ring is 1. The quantitative estimate of drug-likeness (QED) is 0.0930. The van der Waals surface area contributed by atoms with Crippen LogP contribution in [0.5, 0.6) is 5.75 Å². The second kappa shape index (κ2) is 14.5. The Labute approximate surface area is 208 Å². The Balaban J connectivity index is 1.19. The molecule has 0 fully saturated rings. The van der Waals surface area contributed by atoms with Gasteiger partial charge >= 0.3 is 5.97 Å². The molecule has 3 aromatic rings. The third-order valence-electron chi connectivity index (χ3n) is 5.16. The fraction of sp³-hybridized carbons (Fsp3) is 0.440. The van der Waals surface area contributed by atoms with E-state index in [1.54, 1.807) is 0 Å². The standard InChI is InChI=1S/C25H32N4O3S2/c1-2-23(30)32-17-11-9-7-5-3-4-6-8-10-16-31-20-14-12-19(13-15-20)28-29-22-18-21-24(34-22)27-25(26)33-21/h2,12-15,18H,1,3-11,16-17H2,(H2,26,27). The second-order valence-electron chi connectivity index (χ2n) is 7.90. The number of thiazole rings is 1. The molecule has 0 amide bonds. The van der Waals surface area contributed by atoms with Crippen molar-refractivity contribution < 1.29 is 14.3 Å². The number of fused-ring (bicyclic) bond motifs is 1. The van der Waals surface area contributed by atoms with Crippen molar-refractivity contribution in [1.29, 1.82) is 0 Å². The Morgan fingerprint density at radius 3 is 2.24 bits per heavy atom. The minimum atomic E-state index is -0.331. The molecule has 0 radical (unpaired) electrons. The van der Waals surface area contributed by atoms with Gasteiger partial charge in [0, 0.05) is 6.08 Å². The van der Waals surface area contributed by atoms with E-state index in [0.717, 1.165) is 51.8 Å². The van der Waals surface area contributed by atoms with E-state index in [1.807, 2.05) is 30.3 Å². The fourth-order valence-corrected chi connectivity index (χ4v) is 5.18. The van der Waals surface area contributed by atoms with Crippen LogP contribution < -0.4 is 10.5 Å². The molecule has 34 heavy (non-hydrogen) atoms. The number of azo groups is 1. The van der Waals surface area contributed by atoms with Crippen molar-refractivity contribution in [2.45, 2.75) is 57.8 Å². The lowest BCUT2D eigenvalue weighted by Crippen LogP contribution is -2.01. The maximum atomic E-state index is 10.9. The van der Waals surface area contributed by atoms with Crippen LogP contribution >= 0.6 is 22.7 Å². The Morgan fingerprint density at radius 1 is 0.941 bits per heavy atom. The number of anilines is 1. The average molecular weight is 501 g/mol. The average Bonchev–Trinajstić information content (AvgIpc) is 3.38. The van der Waals surface area contributed by atoms with Crippen molar-refractivity contribution in [3.05, 3.63) is 43.0 Å². The molecule has 0 spiro atoms. The van der Waals surface area contributed by atoms with E-state index in [9.17, 15) is 4.79 Å². The highest BCUT2D eigenvalue weighted by molar-refractivity contribution is 7.30. The molecule has 9 heteroatoms. The number of benzene rings is 1. The summed E-state index contributed by atoms with van der Waals surface area (Å²) in [7, 11) is 0. The van der Waals surface area contributed by atoms with Gasteiger partial charge in [0.2, 0.25) is 0 Å². The van der Waals surface area contributed by atoms with Crippen molar-refractivity contribution in [2.24, 2.45) is 10.2 Å². The van der Waals surface area contributed by atoms with Crippen LogP contribution in [-0.4, -0.2) is 24.2 Å². The predicted octanol–water partition coefficient (Wildman–Crippen LogP) is 7.97. The topological polar surface area (TPSA) is 99.2 Å². The number of thiophene rings is 1. The van der Waals surface area contributed by atoms with Crippen molar-refractivity contribution in [3.8, 4) is 5.75 Å². The van der Waals surface area contributed by atoms with Gasteiger partial charge in [-0.15, -0.1) is 10.2 Å². The van der Waals surface area contributed by atoms with Crippen LogP contribution in [0.2, 0.25) is 0 Å². The Kier molecular flexibility index (Phi) is 11.0. The molecule has 2 N–H and O–H groups in total. The van der Waals surface area contributed by atoms with Crippen LogP contribution in [0.15, 0.2) is 53.2 Å². The zero-order valence-electron chi connectivity index (χ0n) is 19.4. The fourth-order valence-electron chi connectivity index (χ4n) is 3.37. The van der Waals surface area contributed by atoms with Gasteiger partial charge in [-0.1, -0.05) is 74.2 Å². The lowest BCUT2D eigenvalue weighted by Gasteiger charge is -2.06. The zero-order chi connectivity index (χ0) is 24.0. The Morgan fingerprint density at radius 2 is 1.59 bits per heavy atom. The van der Waals surface area contributed by atoms with Gasteiger partial charge in [-0.3, -0.25) is 0 Å². The molecule has 2 aromatic heterocycles. The van der Waals surface area contributed by atoms with Gasteiger partial charge in [0.1, 0.15) is 15.6 Å². The third kappa shape index (κ3) is 9.23. The molecule has 3 rings (SSSR count). The molecule has 0 aliphatic rings. The summed E-state index contributed by atoms with van der Waals surface area (Å²) in [5.74, 6) is 0.524. The number of hydrogen-bond acceptors (Lipinski definition) is 9. The molecular formula is C25H32N4O3S2. The van der Waals surface area contributed by atoms with E-state index in [-0.39, 0.29) is 5.97 Å². The monoisotopic (exact) mass is 500 g/mol. The maximum Gasteiger partial charge on any atom is 0.330 e. The maximum absolute atomic E-state index is 10.9. The number of carbonyl (C=O) groups is 1. The molecule has 0 aliphatic heterocycles. The molecule has 7 nitrogen and oxygen atoms in total. The van der Waals surface area contributed by atoms with Crippen LogP contribution in [0.4, 0.5) is 15.8 Å². The van der Waals surface area contributed by atoms with Crippen LogP contribution in [-0.2, 0) is 9.53 Å². The SMILES string of the molecule is C=CC(=O)OCCCCCCCCCCCOc1ccc(N=Nc2cc3sc(N)nc3s2)cc1. The van der Waals surface area contributed by atoms with Crippen molar-refractivity contribution in [2.75, 3.05) is 18.9 Å². The molecule has 0 bridgehead atoms. The summed E-state index contributed by atoms with van der Waals surface area (Å²) in [6.45, 7) is 4.61. The number of esters is 1. The number of nitrogens with zero attached hydrogens (tertiary/aromatic N) is 3. The minimum Gasteiger partial charge on any atom is -0.494 e. The number of unbranched alkanes of at least 4 members (excludes halogenated alkanes) is 8. The van der Waals surface area contributed by atoms with Crippen molar-refractivity contribution in [1.82, 2.24) is 4.98 Å². The smallest absolute Gasteiger partial charge is 0.330 e. The van der Waals surface area contributed by atoms with Crippen LogP contribution in [0.1, 0.15) is 57.8 Å². The highest BCUT2D eigenvalue weighted by Gasteiger charge is 2.06. The Bertz CT molecular complexity index is 1030. The molecule has 0 aliphatic carbocycles. The number of carbonyl (C=O) groups excluding carboxylic acids is 1. The van der Waals surface area contributed by atoms with E-state index < -0.39 is 0 Å². The number of aromatic nitrogens is 1. The summed E-state index contributed by atoms with van der Waals surface area (Å²) in [4.78, 5) is 16.1. The molecule has 0 unspecified atom stereocenters. The van der Waals surface area contributed by atoms with E-state index in [1.165, 1.54) is 67.3 Å². The molecule has 0 saturated heterocycles. The van der Waals surface area contributed by atoms with Gasteiger partial charge in [0.25, 0.3) is 0 Å².